The van der Waals surface area contributed by atoms with E-state index in [1.807, 2.05) is 0 Å². The maximum atomic E-state index is 12.5. The third-order valence-electron chi connectivity index (χ3n) is 3.64. The first kappa shape index (κ1) is 13.0. The fraction of sp³-hybridized carbons (Fsp3) is 0.462. The molecule has 0 aliphatic carbocycles. The van der Waals surface area contributed by atoms with Crippen molar-refractivity contribution in [2.75, 3.05) is 39.3 Å². The minimum atomic E-state index is -0.0621. The van der Waals surface area contributed by atoms with Crippen LogP contribution in [0.2, 0.25) is 0 Å². The maximum absolute atomic E-state index is 12.5. The topological polar surface area (TPSA) is 85.4 Å². The molecule has 1 fully saturated rings. The predicted molar refractivity (Wildman–Crippen MR) is 73.3 cm³/mol. The first-order valence-corrected chi connectivity index (χ1v) is 6.70. The first-order chi connectivity index (χ1) is 9.79. The van der Waals surface area contributed by atoms with Crippen molar-refractivity contribution in [2.45, 2.75) is 0 Å². The van der Waals surface area contributed by atoms with Gasteiger partial charge in [0.25, 0.3) is 5.91 Å². The summed E-state index contributed by atoms with van der Waals surface area (Å²) in [6, 6.07) is 1.80. The molecule has 1 amide bonds. The van der Waals surface area contributed by atoms with Crippen LogP contribution in [0, 0.1) is 0 Å². The van der Waals surface area contributed by atoms with Crippen LogP contribution in [0.5, 0.6) is 0 Å². The van der Waals surface area contributed by atoms with E-state index in [0.29, 0.717) is 25.3 Å². The van der Waals surface area contributed by atoms with E-state index in [0.717, 1.165) is 24.0 Å². The SMILES string of the molecule is O=C(c1n[nH]c2ccncc12)N1CCN(CCO)CC1. The second kappa shape index (κ2) is 5.56. The quantitative estimate of drug-likeness (QED) is 0.804. The molecule has 2 N–H and O–H groups in total. The summed E-state index contributed by atoms with van der Waals surface area (Å²) in [6.45, 7) is 3.71. The molecule has 0 atom stereocenters. The van der Waals surface area contributed by atoms with Gasteiger partial charge in [-0.05, 0) is 6.07 Å². The van der Waals surface area contributed by atoms with Crippen molar-refractivity contribution in [3.8, 4) is 0 Å². The number of aromatic amines is 1. The number of pyridine rings is 1. The number of nitrogens with one attached hydrogen (secondary N) is 1. The van der Waals surface area contributed by atoms with E-state index in [4.69, 9.17) is 5.11 Å². The monoisotopic (exact) mass is 275 g/mol. The van der Waals surface area contributed by atoms with E-state index in [9.17, 15) is 4.79 Å². The molecular weight excluding hydrogens is 258 g/mol. The lowest BCUT2D eigenvalue weighted by Gasteiger charge is -2.34. The fourth-order valence-electron chi connectivity index (χ4n) is 2.49. The lowest BCUT2D eigenvalue weighted by molar-refractivity contribution is 0.0611. The summed E-state index contributed by atoms with van der Waals surface area (Å²) >= 11 is 0. The molecule has 3 heterocycles. The molecule has 7 heteroatoms. The van der Waals surface area contributed by atoms with Crippen molar-refractivity contribution in [1.29, 1.82) is 0 Å². The Bertz CT molecular complexity index is 604. The van der Waals surface area contributed by atoms with E-state index in [1.165, 1.54) is 0 Å². The fourth-order valence-corrected chi connectivity index (χ4v) is 2.49. The summed E-state index contributed by atoms with van der Waals surface area (Å²) in [5, 5.41) is 16.7. The number of aliphatic hydroxyl groups excluding tert-OH is 1. The Morgan fingerprint density at radius 1 is 1.35 bits per heavy atom. The number of hydrogen-bond donors (Lipinski definition) is 2. The Morgan fingerprint density at radius 3 is 2.90 bits per heavy atom. The second-order valence-corrected chi connectivity index (χ2v) is 4.85. The van der Waals surface area contributed by atoms with Crippen molar-refractivity contribution >= 4 is 16.8 Å². The minimum absolute atomic E-state index is 0.0621. The van der Waals surface area contributed by atoms with Crippen LogP contribution in [0.1, 0.15) is 10.5 Å². The number of fused-ring (bicyclic) bond motifs is 1. The van der Waals surface area contributed by atoms with Gasteiger partial charge in [0.2, 0.25) is 0 Å². The number of piperazine rings is 1. The zero-order valence-electron chi connectivity index (χ0n) is 11.1. The van der Waals surface area contributed by atoms with E-state index in [2.05, 4.69) is 20.1 Å². The highest BCUT2D eigenvalue weighted by Crippen LogP contribution is 2.16. The zero-order valence-corrected chi connectivity index (χ0v) is 11.1. The van der Waals surface area contributed by atoms with Crippen LogP contribution in [0.3, 0.4) is 0 Å². The Hall–Kier alpha value is -1.99. The number of H-pyrrole nitrogens is 1. The number of β-amino-alcohol motifs (C(OH)–C–C–N with tert-alkyl or cyclic N) is 1. The van der Waals surface area contributed by atoms with Gasteiger partial charge in [0, 0.05) is 45.1 Å². The van der Waals surface area contributed by atoms with Gasteiger partial charge in [-0.25, -0.2) is 0 Å². The number of rotatable bonds is 3. The summed E-state index contributed by atoms with van der Waals surface area (Å²) in [7, 11) is 0. The Labute approximate surface area is 116 Å². The molecule has 1 saturated heterocycles. The van der Waals surface area contributed by atoms with Crippen LogP contribution in [0.4, 0.5) is 0 Å². The van der Waals surface area contributed by atoms with E-state index in [-0.39, 0.29) is 12.5 Å². The number of amides is 1. The van der Waals surface area contributed by atoms with Crippen LogP contribution in [-0.4, -0.2) is 75.3 Å². The molecule has 0 spiro atoms. The Morgan fingerprint density at radius 2 is 2.15 bits per heavy atom. The molecule has 0 saturated carbocycles. The van der Waals surface area contributed by atoms with Crippen molar-refractivity contribution in [3.63, 3.8) is 0 Å². The number of carbonyl (C=O) groups is 1. The van der Waals surface area contributed by atoms with Gasteiger partial charge in [0.05, 0.1) is 17.5 Å². The van der Waals surface area contributed by atoms with Crippen LogP contribution in [-0.2, 0) is 0 Å². The number of nitrogens with zero attached hydrogens (tertiary/aromatic N) is 4. The largest absolute Gasteiger partial charge is 0.395 e. The van der Waals surface area contributed by atoms with Gasteiger partial charge in [-0.2, -0.15) is 5.10 Å². The van der Waals surface area contributed by atoms with Crippen LogP contribution < -0.4 is 0 Å². The summed E-state index contributed by atoms with van der Waals surface area (Å²) < 4.78 is 0. The summed E-state index contributed by atoms with van der Waals surface area (Å²) in [5.74, 6) is -0.0621. The van der Waals surface area contributed by atoms with Gasteiger partial charge in [0.15, 0.2) is 5.69 Å². The highest BCUT2D eigenvalue weighted by Gasteiger charge is 2.24. The van der Waals surface area contributed by atoms with Gasteiger partial charge in [-0.1, -0.05) is 0 Å². The van der Waals surface area contributed by atoms with Gasteiger partial charge >= 0.3 is 0 Å². The van der Waals surface area contributed by atoms with E-state index in [1.54, 1.807) is 23.4 Å². The molecule has 0 bridgehead atoms. The van der Waals surface area contributed by atoms with Crippen molar-refractivity contribution in [1.82, 2.24) is 25.0 Å². The lowest BCUT2D eigenvalue weighted by Crippen LogP contribution is -2.49. The Kier molecular flexibility index (Phi) is 3.62. The molecule has 2 aromatic rings. The second-order valence-electron chi connectivity index (χ2n) is 4.85. The third-order valence-corrected chi connectivity index (χ3v) is 3.64. The molecule has 0 unspecified atom stereocenters. The lowest BCUT2D eigenvalue weighted by atomic mass is 10.2. The average Bonchev–Trinajstić information content (AvgIpc) is 2.92. The van der Waals surface area contributed by atoms with Crippen LogP contribution >= 0.6 is 0 Å². The van der Waals surface area contributed by atoms with Crippen LogP contribution in [0.15, 0.2) is 18.5 Å². The zero-order chi connectivity index (χ0) is 13.9. The maximum Gasteiger partial charge on any atom is 0.275 e. The van der Waals surface area contributed by atoms with Crippen LogP contribution in [0.25, 0.3) is 10.9 Å². The molecule has 0 aromatic carbocycles. The van der Waals surface area contributed by atoms with Gasteiger partial charge in [0.1, 0.15) is 0 Å². The number of carbonyl (C=O) groups excluding carboxylic acids is 1. The average molecular weight is 275 g/mol. The molecule has 2 aromatic heterocycles. The van der Waals surface area contributed by atoms with Crippen molar-refractivity contribution in [3.05, 3.63) is 24.2 Å². The van der Waals surface area contributed by atoms with Crippen molar-refractivity contribution < 1.29 is 9.90 Å². The minimum Gasteiger partial charge on any atom is -0.395 e. The van der Waals surface area contributed by atoms with Gasteiger partial charge in [-0.3, -0.25) is 19.8 Å². The normalized spacial score (nSPS) is 16.8. The molecule has 106 valence electrons. The molecule has 7 nitrogen and oxygen atoms in total. The standard InChI is InChI=1S/C13H17N5O2/c19-8-7-17-3-5-18(6-4-17)13(20)12-10-9-14-2-1-11(10)15-16-12/h1-2,9,19H,3-8H2,(H,15,16). The highest BCUT2D eigenvalue weighted by molar-refractivity contribution is 6.04. The molecule has 3 rings (SSSR count). The molecule has 1 aliphatic rings. The number of aliphatic hydroxyl groups is 1. The smallest absolute Gasteiger partial charge is 0.275 e. The first-order valence-electron chi connectivity index (χ1n) is 6.70. The Balaban J connectivity index is 1.74. The predicted octanol–water partition coefficient (Wildman–Crippen LogP) is -0.292. The van der Waals surface area contributed by atoms with Gasteiger partial charge in [-0.15, -0.1) is 0 Å². The molecular formula is C13H17N5O2. The highest BCUT2D eigenvalue weighted by atomic mass is 16.3. The molecule has 20 heavy (non-hydrogen) atoms. The molecule has 1 aliphatic heterocycles. The molecule has 0 radical (unpaired) electrons. The van der Waals surface area contributed by atoms with E-state index >= 15 is 0 Å². The summed E-state index contributed by atoms with van der Waals surface area (Å²) in [4.78, 5) is 20.5. The third kappa shape index (κ3) is 2.37. The van der Waals surface area contributed by atoms with Gasteiger partial charge < -0.3 is 10.0 Å². The summed E-state index contributed by atoms with van der Waals surface area (Å²) in [6.07, 6.45) is 3.33. The number of hydrogen-bond acceptors (Lipinski definition) is 5. The van der Waals surface area contributed by atoms with E-state index < -0.39 is 0 Å². The summed E-state index contributed by atoms with van der Waals surface area (Å²) in [5.41, 5.74) is 1.26. The number of aromatic nitrogens is 3. The van der Waals surface area contributed by atoms with Crippen molar-refractivity contribution in [2.24, 2.45) is 0 Å².